The molecule has 2 amide bonds. The molecule has 11 nitrogen and oxygen atoms in total. The first-order valence-electron chi connectivity index (χ1n) is 13.4. The smallest absolute Gasteiger partial charge is 0.342 e. The van der Waals surface area contributed by atoms with E-state index in [1.165, 1.54) is 36.3 Å². The minimum Gasteiger partial charge on any atom is -0.477 e. The lowest BCUT2D eigenvalue weighted by atomic mass is 9.95. The Morgan fingerprint density at radius 2 is 1.58 bits per heavy atom. The summed E-state index contributed by atoms with van der Waals surface area (Å²) in [5.74, 6) is -5.73. The maximum Gasteiger partial charge on any atom is 0.342 e. The number of primary amides is 1. The number of carbonyl (C=O) groups excluding carboxylic acids is 2. The van der Waals surface area contributed by atoms with Gasteiger partial charge in [-0.25, -0.2) is 18.6 Å². The van der Waals surface area contributed by atoms with E-state index in [-0.39, 0.29) is 27.8 Å². The minimum atomic E-state index is -1.58. The van der Waals surface area contributed by atoms with Crippen molar-refractivity contribution in [1.82, 2.24) is 19.9 Å². The second-order valence-corrected chi connectivity index (χ2v) is 10.1. The molecule has 0 radical (unpaired) electrons. The highest BCUT2D eigenvalue weighted by atomic mass is 19.2. The van der Waals surface area contributed by atoms with Crippen molar-refractivity contribution >= 4 is 40.2 Å². The summed E-state index contributed by atoms with van der Waals surface area (Å²) in [5.41, 5.74) is 7.17. The fourth-order valence-corrected chi connectivity index (χ4v) is 5.07. The number of aromatic nitrogens is 2. The molecule has 0 spiro atoms. The maximum absolute atomic E-state index is 14.1. The summed E-state index contributed by atoms with van der Waals surface area (Å²) < 4.78 is 28.6. The molecule has 2 aromatic heterocycles. The minimum absolute atomic E-state index is 0.0348. The number of para-hydroxylation sites is 1. The number of carbonyl (C=O) groups is 3. The Bertz CT molecular complexity index is 2000. The number of hydrogen-bond acceptors (Lipinski definition) is 7. The molecule has 4 N–H and O–H groups in total. The molecule has 0 fully saturated rings. The second kappa shape index (κ2) is 12.3. The van der Waals surface area contributed by atoms with Gasteiger partial charge in [0.1, 0.15) is 11.2 Å². The number of fused-ring (bicyclic) bond motifs is 1. The van der Waals surface area contributed by atoms with E-state index in [4.69, 9.17) is 5.73 Å². The van der Waals surface area contributed by atoms with Crippen LogP contribution in [-0.2, 0) is 4.79 Å². The van der Waals surface area contributed by atoms with Crippen LogP contribution < -0.4 is 21.7 Å². The van der Waals surface area contributed by atoms with Crippen molar-refractivity contribution in [3.63, 3.8) is 0 Å². The van der Waals surface area contributed by atoms with Gasteiger partial charge in [-0.2, -0.15) is 0 Å². The zero-order valence-corrected chi connectivity index (χ0v) is 23.9. The first-order valence-corrected chi connectivity index (χ1v) is 13.4. The average molecular weight is 613 g/mol. The van der Waals surface area contributed by atoms with E-state index in [0.717, 1.165) is 22.8 Å². The number of anilines is 2. The van der Waals surface area contributed by atoms with Crippen molar-refractivity contribution in [3.05, 3.63) is 124 Å². The summed E-state index contributed by atoms with van der Waals surface area (Å²) in [5, 5.41) is 11.8. The van der Waals surface area contributed by atoms with Gasteiger partial charge >= 0.3 is 5.97 Å². The predicted molar refractivity (Wildman–Crippen MR) is 163 cm³/mol. The van der Waals surface area contributed by atoms with Gasteiger partial charge in [-0.05, 0) is 56.1 Å². The number of carboxylic acid groups (broad SMARTS) is 1. The van der Waals surface area contributed by atoms with E-state index in [9.17, 15) is 33.1 Å². The molecule has 13 heteroatoms. The predicted octanol–water partition coefficient (Wildman–Crippen LogP) is 4.07. The van der Waals surface area contributed by atoms with E-state index in [1.54, 1.807) is 60.7 Å². The Kier molecular flexibility index (Phi) is 8.37. The van der Waals surface area contributed by atoms with Gasteiger partial charge in [-0.1, -0.05) is 48.5 Å². The van der Waals surface area contributed by atoms with Crippen LogP contribution in [0.2, 0.25) is 0 Å². The standard InChI is InChI=1S/C32H26F2N6O5/c1-38(2)30(27(35)41)39-28-25(24(18-9-5-3-6-10-18)26(31(39)43)32(44)45)23(15-16-36-28)40(20-11-7-4-8-12-20)37-29(42)19-13-14-21(33)22(34)17-19/h3-17,30H,1-2H3,(H2,35,41)(H,37,42)(H,44,45). The fourth-order valence-electron chi connectivity index (χ4n) is 5.07. The van der Waals surface area contributed by atoms with Crippen molar-refractivity contribution in [2.45, 2.75) is 6.17 Å². The number of halogens is 2. The largest absolute Gasteiger partial charge is 0.477 e. The highest BCUT2D eigenvalue weighted by molar-refractivity contribution is 6.11. The van der Waals surface area contributed by atoms with Gasteiger partial charge in [-0.3, -0.25) is 34.3 Å². The van der Waals surface area contributed by atoms with Gasteiger partial charge in [-0.15, -0.1) is 0 Å². The quantitative estimate of drug-likeness (QED) is 0.211. The SMILES string of the molecule is CN(C)C(C(N)=O)n1c(=O)c(C(=O)O)c(-c2ccccc2)c2c(N(NC(=O)c3ccc(F)c(F)c3)c3ccccc3)ccnc21. The zero-order chi connectivity index (χ0) is 32.4. The van der Waals surface area contributed by atoms with Crippen LogP contribution in [0.25, 0.3) is 22.2 Å². The summed E-state index contributed by atoms with van der Waals surface area (Å²) >= 11 is 0. The Balaban J connectivity index is 1.92. The molecular weight excluding hydrogens is 586 g/mol. The molecule has 3 aromatic carbocycles. The first kappa shape index (κ1) is 30.5. The van der Waals surface area contributed by atoms with E-state index >= 15 is 0 Å². The number of benzene rings is 3. The third-order valence-corrected chi connectivity index (χ3v) is 6.98. The molecule has 228 valence electrons. The summed E-state index contributed by atoms with van der Waals surface area (Å²) in [6, 6.07) is 20.7. The Morgan fingerprint density at radius 3 is 2.16 bits per heavy atom. The van der Waals surface area contributed by atoms with Crippen molar-refractivity contribution in [2.75, 3.05) is 19.1 Å². The van der Waals surface area contributed by atoms with Crippen molar-refractivity contribution in [1.29, 1.82) is 0 Å². The molecule has 0 aliphatic rings. The van der Waals surface area contributed by atoms with Crippen LogP contribution in [0.1, 0.15) is 26.9 Å². The number of aromatic carboxylic acids is 1. The van der Waals surface area contributed by atoms with E-state index in [2.05, 4.69) is 10.4 Å². The number of amides is 2. The number of nitrogens with zero attached hydrogens (tertiary/aromatic N) is 4. The number of carboxylic acids is 1. The summed E-state index contributed by atoms with van der Waals surface area (Å²) in [4.78, 5) is 58.7. The van der Waals surface area contributed by atoms with Crippen LogP contribution in [0.4, 0.5) is 20.2 Å². The molecule has 45 heavy (non-hydrogen) atoms. The molecule has 5 aromatic rings. The molecule has 0 saturated heterocycles. The Hall–Kier alpha value is -5.95. The molecule has 5 rings (SSSR count). The number of nitrogens with two attached hydrogens (primary N) is 1. The van der Waals surface area contributed by atoms with Crippen molar-refractivity contribution in [3.8, 4) is 11.1 Å². The summed E-state index contributed by atoms with van der Waals surface area (Å²) in [6.45, 7) is 0. The third kappa shape index (κ3) is 5.71. The van der Waals surface area contributed by atoms with Crippen LogP contribution >= 0.6 is 0 Å². The average Bonchev–Trinajstić information content (AvgIpc) is 3.02. The number of rotatable bonds is 9. The highest BCUT2D eigenvalue weighted by Crippen LogP contribution is 2.39. The number of hydrazine groups is 1. The van der Waals surface area contributed by atoms with E-state index < -0.39 is 46.7 Å². The summed E-state index contributed by atoms with van der Waals surface area (Å²) in [7, 11) is 2.98. The number of likely N-dealkylation sites (N-methyl/N-ethyl adjacent to an activating group) is 1. The van der Waals surface area contributed by atoms with Crippen molar-refractivity contribution in [2.24, 2.45) is 5.73 Å². The lowest BCUT2D eigenvalue weighted by Gasteiger charge is -2.30. The Labute approximate surface area is 254 Å². The lowest BCUT2D eigenvalue weighted by Crippen LogP contribution is -2.44. The monoisotopic (exact) mass is 612 g/mol. The molecule has 0 aliphatic carbocycles. The third-order valence-electron chi connectivity index (χ3n) is 6.98. The normalized spacial score (nSPS) is 11.8. The second-order valence-electron chi connectivity index (χ2n) is 10.1. The molecular formula is C32H26F2N6O5. The highest BCUT2D eigenvalue weighted by Gasteiger charge is 2.32. The van der Waals surface area contributed by atoms with Gasteiger partial charge in [0.15, 0.2) is 17.8 Å². The maximum atomic E-state index is 14.1. The van der Waals surface area contributed by atoms with Gasteiger partial charge in [0.05, 0.1) is 16.8 Å². The van der Waals surface area contributed by atoms with Gasteiger partial charge in [0.2, 0.25) is 0 Å². The van der Waals surface area contributed by atoms with Crippen LogP contribution in [-0.4, -0.2) is 51.4 Å². The molecule has 2 heterocycles. The van der Waals surface area contributed by atoms with E-state index in [1.807, 2.05) is 0 Å². The molecule has 0 bridgehead atoms. The van der Waals surface area contributed by atoms with Gasteiger partial charge < -0.3 is 10.8 Å². The topological polar surface area (TPSA) is 151 Å². The first-order chi connectivity index (χ1) is 21.5. The fraction of sp³-hybridized carbons (Fsp3) is 0.0938. The van der Waals surface area contributed by atoms with Crippen LogP contribution in [0.15, 0.2) is 95.9 Å². The van der Waals surface area contributed by atoms with Crippen molar-refractivity contribution < 1.29 is 28.3 Å². The lowest BCUT2D eigenvalue weighted by molar-refractivity contribution is -0.125. The van der Waals surface area contributed by atoms with Crippen LogP contribution in [0.5, 0.6) is 0 Å². The molecule has 0 saturated carbocycles. The Morgan fingerprint density at radius 1 is 0.933 bits per heavy atom. The van der Waals surface area contributed by atoms with Crippen LogP contribution in [0, 0.1) is 11.6 Å². The van der Waals surface area contributed by atoms with Gasteiger partial charge in [0.25, 0.3) is 17.4 Å². The zero-order valence-electron chi connectivity index (χ0n) is 23.9. The van der Waals surface area contributed by atoms with E-state index in [0.29, 0.717) is 11.3 Å². The number of nitrogens with one attached hydrogen (secondary N) is 1. The van der Waals surface area contributed by atoms with Crippen LogP contribution in [0.3, 0.4) is 0 Å². The molecule has 1 unspecified atom stereocenters. The number of hydrogen-bond donors (Lipinski definition) is 3. The number of pyridine rings is 2. The molecule has 0 aliphatic heterocycles. The molecule has 1 atom stereocenters. The summed E-state index contributed by atoms with van der Waals surface area (Å²) in [6.07, 6.45) is -0.136. The van der Waals surface area contributed by atoms with Gasteiger partial charge in [0, 0.05) is 17.3 Å².